The summed E-state index contributed by atoms with van der Waals surface area (Å²) in [5, 5.41) is 7.98. The molecule has 0 saturated carbocycles. The van der Waals surface area contributed by atoms with Gasteiger partial charge in [-0.1, -0.05) is 29.8 Å². The first-order valence-electron chi connectivity index (χ1n) is 8.65. The van der Waals surface area contributed by atoms with Gasteiger partial charge in [-0.15, -0.1) is 0 Å². The molecule has 0 radical (unpaired) electrons. The van der Waals surface area contributed by atoms with Gasteiger partial charge in [-0.05, 0) is 38.8 Å². The molecule has 1 aromatic carbocycles. The van der Waals surface area contributed by atoms with Gasteiger partial charge in [-0.3, -0.25) is 14.3 Å². The van der Waals surface area contributed by atoms with E-state index in [1.165, 1.54) is 0 Å². The van der Waals surface area contributed by atoms with E-state index in [1.807, 2.05) is 38.1 Å². The molecule has 0 aliphatic carbocycles. The van der Waals surface area contributed by atoms with Crippen molar-refractivity contribution in [3.8, 4) is 0 Å². The molecule has 0 atom stereocenters. The predicted molar refractivity (Wildman–Crippen MR) is 100 cm³/mol. The number of halogens is 1. The van der Waals surface area contributed by atoms with Gasteiger partial charge in [0.05, 0.1) is 24.4 Å². The first kappa shape index (κ1) is 20.0. The highest BCUT2D eigenvalue weighted by molar-refractivity contribution is 6.31. The van der Waals surface area contributed by atoms with Crippen LogP contribution >= 0.6 is 11.6 Å². The average Bonchev–Trinajstić information content (AvgIpc) is 2.87. The van der Waals surface area contributed by atoms with Crippen LogP contribution in [-0.2, 0) is 16.1 Å². The Morgan fingerprint density at radius 1 is 1.27 bits per heavy atom. The smallest absolute Gasteiger partial charge is 0.305 e. The molecule has 1 aromatic heterocycles. The molecule has 0 bridgehead atoms. The van der Waals surface area contributed by atoms with Crippen LogP contribution in [0.25, 0.3) is 0 Å². The monoisotopic (exact) mass is 377 g/mol. The minimum absolute atomic E-state index is 0.186. The number of nitrogens with zero attached hydrogens (tertiary/aromatic N) is 2. The number of ether oxygens (including phenoxy) is 1. The second kappa shape index (κ2) is 9.38. The number of hydrogen-bond donors (Lipinski definition) is 1. The quantitative estimate of drug-likeness (QED) is 0.566. The lowest BCUT2D eigenvalue weighted by Gasteiger charge is -2.08. The minimum atomic E-state index is -0.248. The number of carbonyl (C=O) groups excluding carboxylic acids is 2. The maximum absolute atomic E-state index is 12.5. The highest BCUT2D eigenvalue weighted by Crippen LogP contribution is 2.19. The minimum Gasteiger partial charge on any atom is -0.466 e. The number of esters is 1. The molecule has 140 valence electrons. The van der Waals surface area contributed by atoms with Crippen molar-refractivity contribution in [2.75, 3.05) is 13.2 Å². The van der Waals surface area contributed by atoms with Gasteiger partial charge in [0.25, 0.3) is 5.91 Å². The van der Waals surface area contributed by atoms with Crippen molar-refractivity contribution in [2.24, 2.45) is 0 Å². The Labute approximate surface area is 158 Å². The fourth-order valence-corrected chi connectivity index (χ4v) is 2.92. The average molecular weight is 378 g/mol. The van der Waals surface area contributed by atoms with Crippen molar-refractivity contribution in [1.82, 2.24) is 15.1 Å². The van der Waals surface area contributed by atoms with Gasteiger partial charge in [0.2, 0.25) is 0 Å². The summed E-state index contributed by atoms with van der Waals surface area (Å²) in [4.78, 5) is 23.8. The van der Waals surface area contributed by atoms with Gasteiger partial charge < -0.3 is 10.1 Å². The number of benzene rings is 1. The number of amides is 1. The molecule has 2 aromatic rings. The number of aromatic nitrogens is 2. The van der Waals surface area contributed by atoms with Gasteiger partial charge in [-0.25, -0.2) is 0 Å². The van der Waals surface area contributed by atoms with Gasteiger partial charge in [0, 0.05) is 23.7 Å². The molecule has 6 nitrogen and oxygen atoms in total. The van der Waals surface area contributed by atoms with E-state index in [9.17, 15) is 9.59 Å². The van der Waals surface area contributed by atoms with Crippen LogP contribution < -0.4 is 5.32 Å². The van der Waals surface area contributed by atoms with Gasteiger partial charge >= 0.3 is 5.97 Å². The second-order valence-corrected chi connectivity index (χ2v) is 6.37. The first-order chi connectivity index (χ1) is 12.4. The zero-order valence-corrected chi connectivity index (χ0v) is 16.1. The van der Waals surface area contributed by atoms with Crippen molar-refractivity contribution >= 4 is 23.5 Å². The third-order valence-corrected chi connectivity index (χ3v) is 4.40. The van der Waals surface area contributed by atoms with Crippen LogP contribution in [0.4, 0.5) is 0 Å². The summed E-state index contributed by atoms with van der Waals surface area (Å²) >= 11 is 6.21. The number of carbonyl (C=O) groups is 2. The summed E-state index contributed by atoms with van der Waals surface area (Å²) in [5.74, 6) is -0.434. The molecule has 7 heteroatoms. The normalized spacial score (nSPS) is 10.6. The maximum Gasteiger partial charge on any atom is 0.305 e. The molecular weight excluding hydrogens is 354 g/mol. The number of nitrogens with one attached hydrogen (secondary N) is 1. The molecule has 26 heavy (non-hydrogen) atoms. The van der Waals surface area contributed by atoms with Crippen molar-refractivity contribution in [2.45, 2.75) is 40.2 Å². The van der Waals surface area contributed by atoms with Gasteiger partial charge in [0.15, 0.2) is 0 Å². The highest BCUT2D eigenvalue weighted by Gasteiger charge is 2.19. The lowest BCUT2D eigenvalue weighted by Crippen LogP contribution is -2.26. The maximum atomic E-state index is 12.5. The van der Waals surface area contributed by atoms with Crippen LogP contribution in [0.5, 0.6) is 0 Å². The fourth-order valence-electron chi connectivity index (χ4n) is 2.72. The van der Waals surface area contributed by atoms with Crippen LogP contribution in [0.2, 0.25) is 5.02 Å². The van der Waals surface area contributed by atoms with E-state index in [4.69, 9.17) is 16.3 Å². The Morgan fingerprint density at radius 3 is 2.69 bits per heavy atom. The lowest BCUT2D eigenvalue weighted by atomic mass is 10.1. The summed E-state index contributed by atoms with van der Waals surface area (Å²) in [6.07, 6.45) is 0.828. The van der Waals surface area contributed by atoms with Crippen molar-refractivity contribution in [1.29, 1.82) is 0 Å². The molecule has 0 aliphatic rings. The molecule has 0 saturated heterocycles. The van der Waals surface area contributed by atoms with E-state index in [0.29, 0.717) is 42.4 Å². The van der Waals surface area contributed by atoms with E-state index < -0.39 is 0 Å². The molecule has 1 heterocycles. The zero-order chi connectivity index (χ0) is 19.1. The third-order valence-electron chi connectivity index (χ3n) is 4.04. The van der Waals surface area contributed by atoms with Crippen LogP contribution in [0.15, 0.2) is 24.3 Å². The molecule has 0 spiro atoms. The molecule has 1 amide bonds. The van der Waals surface area contributed by atoms with Crippen LogP contribution in [0, 0.1) is 13.8 Å². The number of aryl methyl sites for hydroxylation is 1. The van der Waals surface area contributed by atoms with Crippen molar-refractivity contribution < 1.29 is 14.3 Å². The lowest BCUT2D eigenvalue weighted by molar-refractivity contribution is -0.143. The molecule has 1 N–H and O–H groups in total. The van der Waals surface area contributed by atoms with E-state index in [1.54, 1.807) is 11.6 Å². The topological polar surface area (TPSA) is 73.2 Å². The summed E-state index contributed by atoms with van der Waals surface area (Å²) in [6.45, 7) is 6.72. The van der Waals surface area contributed by atoms with Gasteiger partial charge in [-0.2, -0.15) is 5.10 Å². The predicted octanol–water partition coefficient (Wildman–Crippen LogP) is 3.27. The van der Waals surface area contributed by atoms with Crippen LogP contribution in [0.1, 0.15) is 47.1 Å². The molecule has 0 aliphatic heterocycles. The molecule has 0 unspecified atom stereocenters. The van der Waals surface area contributed by atoms with E-state index in [0.717, 1.165) is 11.3 Å². The summed E-state index contributed by atoms with van der Waals surface area (Å²) in [5.41, 5.74) is 2.96. The Balaban J connectivity index is 1.99. The van der Waals surface area contributed by atoms with E-state index in [2.05, 4.69) is 10.4 Å². The van der Waals surface area contributed by atoms with Crippen molar-refractivity contribution in [3.63, 3.8) is 0 Å². The second-order valence-electron chi connectivity index (χ2n) is 5.96. The van der Waals surface area contributed by atoms with Crippen LogP contribution in [-0.4, -0.2) is 34.8 Å². The molecule has 0 fully saturated rings. The number of rotatable bonds is 8. The Hall–Kier alpha value is -2.34. The zero-order valence-electron chi connectivity index (χ0n) is 15.3. The Bertz CT molecular complexity index is 786. The van der Waals surface area contributed by atoms with Crippen molar-refractivity contribution in [3.05, 3.63) is 51.8 Å². The van der Waals surface area contributed by atoms with E-state index >= 15 is 0 Å². The largest absolute Gasteiger partial charge is 0.466 e. The summed E-state index contributed by atoms with van der Waals surface area (Å²) in [7, 11) is 0. The third kappa shape index (κ3) is 5.08. The first-order valence-corrected chi connectivity index (χ1v) is 9.03. The standard InChI is InChI=1S/C19H24ClN3O3/c1-4-26-17(24)10-7-11-21-19(25)18-13(2)22-23(14(18)3)12-15-8-5-6-9-16(15)20/h5-6,8-9H,4,7,10-12H2,1-3H3,(H,21,25). The van der Waals surface area contributed by atoms with Gasteiger partial charge in [0.1, 0.15) is 0 Å². The fraction of sp³-hybridized carbons (Fsp3) is 0.421. The summed E-state index contributed by atoms with van der Waals surface area (Å²) < 4.78 is 6.65. The molecule has 2 rings (SSSR count). The SMILES string of the molecule is CCOC(=O)CCCNC(=O)c1c(C)nn(Cc2ccccc2Cl)c1C. The Morgan fingerprint density at radius 2 is 2.00 bits per heavy atom. The Kier molecular flexibility index (Phi) is 7.21. The highest BCUT2D eigenvalue weighted by atomic mass is 35.5. The summed E-state index contributed by atoms with van der Waals surface area (Å²) in [6, 6.07) is 7.57. The molecular formula is C19H24ClN3O3. The van der Waals surface area contributed by atoms with E-state index in [-0.39, 0.29) is 18.3 Å². The van der Waals surface area contributed by atoms with Crippen LogP contribution in [0.3, 0.4) is 0 Å². The number of hydrogen-bond acceptors (Lipinski definition) is 4.